The normalized spacial score (nSPS) is 12.7. The van der Waals surface area contributed by atoms with Crippen LogP contribution in [-0.4, -0.2) is 24.4 Å². The van der Waals surface area contributed by atoms with E-state index in [9.17, 15) is 9.59 Å². The van der Waals surface area contributed by atoms with Crippen LogP contribution in [0.15, 0.2) is 78.9 Å². The number of hydrogen-bond acceptors (Lipinski definition) is 2. The van der Waals surface area contributed by atoms with E-state index in [2.05, 4.69) is 34.9 Å². The molecule has 0 aromatic heterocycles. The average Bonchev–Trinajstić information content (AvgIpc) is 2.85. The van der Waals surface area contributed by atoms with Crippen molar-refractivity contribution in [2.45, 2.75) is 38.6 Å². The van der Waals surface area contributed by atoms with Gasteiger partial charge in [0.05, 0.1) is 10.6 Å². The number of carbonyl (C=O) groups excluding carboxylic acids is 2. The monoisotopic (exact) mass is 496 g/mol. The molecule has 2 amide bonds. The first-order chi connectivity index (χ1) is 16.4. The molecule has 3 aromatic rings. The number of hydrogen-bond donors (Lipinski definition) is 2. The highest BCUT2D eigenvalue weighted by molar-refractivity contribution is 6.36. The zero-order valence-corrected chi connectivity index (χ0v) is 20.9. The zero-order chi connectivity index (χ0) is 24.5. The second-order valence-corrected chi connectivity index (χ2v) is 9.26. The molecule has 2 atom stereocenters. The minimum atomic E-state index is -0.670. The van der Waals surface area contributed by atoms with Gasteiger partial charge in [0.2, 0.25) is 5.91 Å². The Kier molecular flexibility index (Phi) is 9.55. The molecule has 0 aliphatic carbocycles. The molecule has 34 heavy (non-hydrogen) atoms. The molecule has 3 rings (SSSR count). The fraction of sp³-hybridized carbons (Fsp3) is 0.286. The highest BCUT2D eigenvalue weighted by atomic mass is 35.5. The van der Waals surface area contributed by atoms with Crippen molar-refractivity contribution < 1.29 is 9.59 Å². The summed E-state index contributed by atoms with van der Waals surface area (Å²) < 4.78 is 0. The third-order valence-electron chi connectivity index (χ3n) is 6.09. The van der Waals surface area contributed by atoms with Gasteiger partial charge in [0.1, 0.15) is 6.04 Å². The summed E-state index contributed by atoms with van der Waals surface area (Å²) in [4.78, 5) is 26.0. The fourth-order valence-electron chi connectivity index (χ4n) is 3.94. The minimum absolute atomic E-state index is 0.0472. The maximum atomic E-state index is 13.1. The van der Waals surface area contributed by atoms with E-state index < -0.39 is 11.9 Å². The Morgan fingerprint density at radius 2 is 1.47 bits per heavy atom. The fourth-order valence-corrected chi connectivity index (χ4v) is 4.43. The molecule has 0 spiro atoms. The van der Waals surface area contributed by atoms with Crippen LogP contribution in [-0.2, 0) is 4.79 Å². The molecule has 178 valence electrons. The van der Waals surface area contributed by atoms with Gasteiger partial charge in [-0.2, -0.15) is 0 Å². The Balaban J connectivity index is 1.68. The van der Waals surface area contributed by atoms with Crippen LogP contribution in [0.4, 0.5) is 0 Å². The molecule has 3 aromatic carbocycles. The molecule has 0 fully saturated rings. The van der Waals surface area contributed by atoms with Crippen LogP contribution in [0.2, 0.25) is 10.0 Å². The van der Waals surface area contributed by atoms with Gasteiger partial charge in [0, 0.05) is 17.5 Å². The maximum Gasteiger partial charge on any atom is 0.253 e. The lowest BCUT2D eigenvalue weighted by Crippen LogP contribution is -2.50. The first-order valence-corrected chi connectivity index (χ1v) is 12.3. The third kappa shape index (κ3) is 6.85. The molecule has 0 bridgehead atoms. The molecule has 6 heteroatoms. The number of nitrogens with one attached hydrogen (secondary N) is 2. The standard InChI is InChI=1S/C28H30Cl2N2O2/c1-3-19(2)26(32-27(33)24-15-14-22(29)18-25(24)30)28(34)31-17-16-23(20-10-6-4-7-11-20)21-12-8-5-9-13-21/h4-15,18-19,23,26H,3,16-17H2,1-2H3,(H,31,34)(H,32,33). The van der Waals surface area contributed by atoms with Crippen LogP contribution in [0.1, 0.15) is 54.1 Å². The Morgan fingerprint density at radius 3 is 2.00 bits per heavy atom. The van der Waals surface area contributed by atoms with Crippen molar-refractivity contribution in [3.05, 3.63) is 106 Å². The van der Waals surface area contributed by atoms with E-state index in [0.717, 1.165) is 12.8 Å². The summed E-state index contributed by atoms with van der Waals surface area (Å²) >= 11 is 12.1. The third-order valence-corrected chi connectivity index (χ3v) is 6.64. The largest absolute Gasteiger partial charge is 0.354 e. The smallest absolute Gasteiger partial charge is 0.253 e. The first kappa shape index (κ1) is 25.8. The summed E-state index contributed by atoms with van der Waals surface area (Å²) in [5.74, 6) is -0.484. The molecular formula is C28H30Cl2N2O2. The quantitative estimate of drug-likeness (QED) is 0.337. The molecule has 0 aliphatic rings. The molecule has 2 unspecified atom stereocenters. The predicted octanol–water partition coefficient (Wildman–Crippen LogP) is 6.48. The van der Waals surface area contributed by atoms with Gasteiger partial charge >= 0.3 is 0 Å². The van der Waals surface area contributed by atoms with Crippen LogP contribution < -0.4 is 10.6 Å². The number of carbonyl (C=O) groups is 2. The predicted molar refractivity (Wildman–Crippen MR) is 140 cm³/mol. The molecule has 0 aliphatic heterocycles. The Labute approximate surface area is 211 Å². The van der Waals surface area contributed by atoms with Gasteiger partial charge in [0.15, 0.2) is 0 Å². The molecule has 0 saturated carbocycles. The van der Waals surface area contributed by atoms with E-state index in [4.69, 9.17) is 23.2 Å². The van der Waals surface area contributed by atoms with Crippen molar-refractivity contribution in [3.63, 3.8) is 0 Å². The summed E-state index contributed by atoms with van der Waals surface area (Å²) in [6.07, 6.45) is 1.48. The van der Waals surface area contributed by atoms with Crippen molar-refractivity contribution in [2.75, 3.05) is 6.54 Å². The minimum Gasteiger partial charge on any atom is -0.354 e. The second kappa shape index (κ2) is 12.6. The van der Waals surface area contributed by atoms with Crippen LogP contribution in [0.3, 0.4) is 0 Å². The van der Waals surface area contributed by atoms with Gasteiger partial charge in [-0.25, -0.2) is 0 Å². The number of rotatable bonds is 10. The topological polar surface area (TPSA) is 58.2 Å². The van der Waals surface area contributed by atoms with Crippen LogP contribution in [0.5, 0.6) is 0 Å². The number of halogens is 2. The van der Waals surface area contributed by atoms with E-state index >= 15 is 0 Å². The van der Waals surface area contributed by atoms with Crippen molar-refractivity contribution in [1.82, 2.24) is 10.6 Å². The lowest BCUT2D eigenvalue weighted by molar-refractivity contribution is -0.124. The van der Waals surface area contributed by atoms with Crippen molar-refractivity contribution in [3.8, 4) is 0 Å². The summed E-state index contributed by atoms with van der Waals surface area (Å²) in [5.41, 5.74) is 2.69. The van der Waals surface area contributed by atoms with E-state index in [1.807, 2.05) is 50.2 Å². The summed E-state index contributed by atoms with van der Waals surface area (Å²) in [6, 6.07) is 24.6. The number of amides is 2. The molecule has 4 nitrogen and oxygen atoms in total. The highest BCUT2D eigenvalue weighted by Crippen LogP contribution is 2.27. The lowest BCUT2D eigenvalue weighted by Gasteiger charge is -2.25. The van der Waals surface area contributed by atoms with Crippen molar-refractivity contribution >= 4 is 35.0 Å². The van der Waals surface area contributed by atoms with Gasteiger partial charge in [-0.15, -0.1) is 0 Å². The van der Waals surface area contributed by atoms with Crippen LogP contribution in [0, 0.1) is 5.92 Å². The molecule has 0 radical (unpaired) electrons. The van der Waals surface area contributed by atoms with Gasteiger partial charge in [-0.05, 0) is 41.7 Å². The van der Waals surface area contributed by atoms with Gasteiger partial charge in [0.25, 0.3) is 5.91 Å². The first-order valence-electron chi connectivity index (χ1n) is 11.5. The van der Waals surface area contributed by atoms with Crippen molar-refractivity contribution in [1.29, 1.82) is 0 Å². The summed E-state index contributed by atoms with van der Waals surface area (Å²) in [5, 5.41) is 6.61. The molecule has 0 heterocycles. The van der Waals surface area contributed by atoms with E-state index in [1.165, 1.54) is 17.2 Å². The molecule has 0 saturated heterocycles. The highest BCUT2D eigenvalue weighted by Gasteiger charge is 2.27. The molecular weight excluding hydrogens is 467 g/mol. The Hall–Kier alpha value is -2.82. The van der Waals surface area contributed by atoms with Crippen molar-refractivity contribution in [2.24, 2.45) is 5.92 Å². The summed E-state index contributed by atoms with van der Waals surface area (Å²) in [6.45, 7) is 4.43. The SMILES string of the molecule is CCC(C)C(NC(=O)c1ccc(Cl)cc1Cl)C(=O)NCCC(c1ccccc1)c1ccccc1. The molecule has 2 N–H and O–H groups in total. The zero-order valence-electron chi connectivity index (χ0n) is 19.4. The second-order valence-electron chi connectivity index (χ2n) is 8.41. The Bertz CT molecular complexity index is 1050. The lowest BCUT2D eigenvalue weighted by atomic mass is 9.88. The average molecular weight is 497 g/mol. The Morgan fingerprint density at radius 1 is 0.882 bits per heavy atom. The van der Waals surface area contributed by atoms with E-state index in [0.29, 0.717) is 17.1 Å². The van der Waals surface area contributed by atoms with E-state index in [1.54, 1.807) is 12.1 Å². The summed E-state index contributed by atoms with van der Waals surface area (Å²) in [7, 11) is 0. The van der Waals surface area contributed by atoms with Crippen LogP contribution >= 0.6 is 23.2 Å². The van der Waals surface area contributed by atoms with Gasteiger partial charge < -0.3 is 10.6 Å². The van der Waals surface area contributed by atoms with Crippen LogP contribution in [0.25, 0.3) is 0 Å². The van der Waals surface area contributed by atoms with Gasteiger partial charge in [-0.3, -0.25) is 9.59 Å². The van der Waals surface area contributed by atoms with E-state index in [-0.39, 0.29) is 22.8 Å². The van der Waals surface area contributed by atoms with Gasteiger partial charge in [-0.1, -0.05) is 104 Å². The maximum absolute atomic E-state index is 13.1. The number of benzene rings is 3.